The first kappa shape index (κ1) is 18.1. The monoisotopic (exact) mass is 404 g/mol. The van der Waals surface area contributed by atoms with Crippen molar-refractivity contribution >= 4 is 27.5 Å². The highest BCUT2D eigenvalue weighted by atomic mass is 79.9. The van der Waals surface area contributed by atoms with Gasteiger partial charge in [0, 0.05) is 25.3 Å². The van der Waals surface area contributed by atoms with Gasteiger partial charge in [0.05, 0.1) is 0 Å². The molecule has 0 spiro atoms. The van der Waals surface area contributed by atoms with Crippen molar-refractivity contribution < 1.29 is 9.21 Å². The number of hydrogen-bond donors (Lipinski definition) is 1. The van der Waals surface area contributed by atoms with Gasteiger partial charge in [-0.15, -0.1) is 0 Å². The van der Waals surface area contributed by atoms with Crippen LogP contribution in [0.5, 0.6) is 0 Å². The van der Waals surface area contributed by atoms with Crippen molar-refractivity contribution in [1.82, 2.24) is 5.32 Å². The minimum absolute atomic E-state index is 0.165. The molecule has 0 aliphatic carbocycles. The second kappa shape index (κ2) is 9.09. The second-order valence-electron chi connectivity index (χ2n) is 6.53. The lowest BCUT2D eigenvalue weighted by atomic mass is 10.1. The zero-order valence-electron chi connectivity index (χ0n) is 14.5. The largest absolute Gasteiger partial charge is 0.444 e. The van der Waals surface area contributed by atoms with E-state index in [2.05, 4.69) is 50.4 Å². The molecule has 1 fully saturated rings. The van der Waals surface area contributed by atoms with E-state index < -0.39 is 0 Å². The zero-order chi connectivity index (χ0) is 17.5. The zero-order valence-corrected chi connectivity index (χ0v) is 16.1. The number of rotatable bonds is 6. The highest BCUT2D eigenvalue weighted by molar-refractivity contribution is 9.10. The smallest absolute Gasteiger partial charge is 0.287 e. The topological polar surface area (TPSA) is 45.5 Å². The number of anilines is 1. The molecular weight excluding hydrogens is 380 g/mol. The summed E-state index contributed by atoms with van der Waals surface area (Å²) in [6.07, 6.45) is 7.19. The first-order chi connectivity index (χ1) is 12.2. The summed E-state index contributed by atoms with van der Waals surface area (Å²) in [5, 5.41) is 2.89. The summed E-state index contributed by atoms with van der Waals surface area (Å²) in [5.74, 6) is 0.177. The minimum atomic E-state index is -0.165. The van der Waals surface area contributed by atoms with Gasteiger partial charge in [-0.2, -0.15) is 0 Å². The third-order valence-electron chi connectivity index (χ3n) is 4.63. The van der Waals surface area contributed by atoms with Crippen molar-refractivity contribution in [2.24, 2.45) is 0 Å². The molecule has 1 saturated heterocycles. The Morgan fingerprint density at radius 3 is 2.40 bits per heavy atom. The Hall–Kier alpha value is -1.75. The summed E-state index contributed by atoms with van der Waals surface area (Å²) >= 11 is 3.20. The molecule has 1 aliphatic heterocycles. The Morgan fingerprint density at radius 2 is 1.76 bits per heavy atom. The number of nitrogens with one attached hydrogen (secondary N) is 1. The van der Waals surface area contributed by atoms with E-state index in [0.717, 1.165) is 12.8 Å². The molecule has 0 saturated carbocycles. The lowest BCUT2D eigenvalue weighted by molar-refractivity contribution is 0.0924. The van der Waals surface area contributed by atoms with Gasteiger partial charge in [-0.25, -0.2) is 0 Å². The predicted octanol–water partition coefficient (Wildman–Crippen LogP) is 4.79. The Kier molecular flexibility index (Phi) is 6.56. The van der Waals surface area contributed by atoms with Gasteiger partial charge in [-0.05, 0) is 71.4 Å². The molecule has 3 rings (SSSR count). The Bertz CT molecular complexity index is 673. The first-order valence-electron chi connectivity index (χ1n) is 9.10. The molecule has 0 atom stereocenters. The SMILES string of the molecule is O=C(NCCCc1ccc(N2CCCCCC2)cc1)c1ccc(Br)o1. The molecule has 1 N–H and O–H groups in total. The van der Waals surface area contributed by atoms with Gasteiger partial charge in [-0.3, -0.25) is 4.79 Å². The maximum absolute atomic E-state index is 11.9. The van der Waals surface area contributed by atoms with E-state index in [-0.39, 0.29) is 5.91 Å². The minimum Gasteiger partial charge on any atom is -0.444 e. The number of aryl methyl sites for hydroxylation is 1. The van der Waals surface area contributed by atoms with Gasteiger partial charge in [0.25, 0.3) is 5.91 Å². The van der Waals surface area contributed by atoms with E-state index in [1.54, 1.807) is 12.1 Å². The van der Waals surface area contributed by atoms with Gasteiger partial charge in [-0.1, -0.05) is 25.0 Å². The predicted molar refractivity (Wildman–Crippen MR) is 104 cm³/mol. The molecular formula is C20H25BrN2O2. The number of hydrogen-bond acceptors (Lipinski definition) is 3. The number of nitrogens with zero attached hydrogens (tertiary/aromatic N) is 1. The van der Waals surface area contributed by atoms with Gasteiger partial charge in [0.15, 0.2) is 10.4 Å². The van der Waals surface area contributed by atoms with Crippen LogP contribution in [0.4, 0.5) is 5.69 Å². The number of carbonyl (C=O) groups excluding carboxylic acids is 1. The van der Waals surface area contributed by atoms with Gasteiger partial charge in [0.1, 0.15) is 0 Å². The van der Waals surface area contributed by atoms with Crippen LogP contribution in [-0.4, -0.2) is 25.5 Å². The normalized spacial score (nSPS) is 15.0. The molecule has 5 heteroatoms. The molecule has 0 bridgehead atoms. The third kappa shape index (κ3) is 5.36. The van der Waals surface area contributed by atoms with E-state index >= 15 is 0 Å². The molecule has 1 aromatic heterocycles. The van der Waals surface area contributed by atoms with Crippen molar-refractivity contribution in [2.45, 2.75) is 38.5 Å². The molecule has 4 nitrogen and oxygen atoms in total. The summed E-state index contributed by atoms with van der Waals surface area (Å²) in [4.78, 5) is 14.4. The van der Waals surface area contributed by atoms with Crippen molar-refractivity contribution in [3.8, 4) is 0 Å². The molecule has 1 aliphatic rings. The average molecular weight is 405 g/mol. The number of amides is 1. The van der Waals surface area contributed by atoms with Crippen molar-refractivity contribution in [3.05, 3.63) is 52.4 Å². The molecule has 2 heterocycles. The van der Waals surface area contributed by atoms with Crippen LogP contribution in [0.15, 0.2) is 45.5 Å². The molecule has 1 aromatic carbocycles. The fourth-order valence-corrected chi connectivity index (χ4v) is 3.53. The Balaban J connectivity index is 1.42. The fourth-order valence-electron chi connectivity index (χ4n) is 3.22. The maximum Gasteiger partial charge on any atom is 0.287 e. The quantitative estimate of drug-likeness (QED) is 0.704. The van der Waals surface area contributed by atoms with Crippen LogP contribution in [0.25, 0.3) is 0 Å². The summed E-state index contributed by atoms with van der Waals surface area (Å²) in [5.41, 5.74) is 2.65. The Morgan fingerprint density at radius 1 is 1.04 bits per heavy atom. The van der Waals surface area contributed by atoms with Crippen molar-refractivity contribution in [2.75, 3.05) is 24.5 Å². The van der Waals surface area contributed by atoms with Gasteiger partial charge >= 0.3 is 0 Å². The van der Waals surface area contributed by atoms with Gasteiger partial charge < -0.3 is 14.6 Å². The lowest BCUT2D eigenvalue weighted by Gasteiger charge is -2.22. The summed E-state index contributed by atoms with van der Waals surface area (Å²) in [6.45, 7) is 2.99. The van der Waals surface area contributed by atoms with Crippen LogP contribution < -0.4 is 10.2 Å². The molecule has 134 valence electrons. The van der Waals surface area contributed by atoms with E-state index in [1.807, 2.05) is 0 Å². The highest BCUT2D eigenvalue weighted by Gasteiger charge is 2.10. The standard InChI is InChI=1S/C20H25BrN2O2/c21-19-12-11-18(25-19)20(24)22-13-5-6-16-7-9-17(10-8-16)23-14-3-1-2-4-15-23/h7-12H,1-6,13-15H2,(H,22,24). The third-order valence-corrected chi connectivity index (χ3v) is 5.06. The maximum atomic E-state index is 11.9. The van der Waals surface area contributed by atoms with Crippen LogP contribution in [0.2, 0.25) is 0 Å². The average Bonchev–Trinajstić information content (AvgIpc) is 2.90. The summed E-state index contributed by atoms with van der Waals surface area (Å²) in [7, 11) is 0. The lowest BCUT2D eigenvalue weighted by Crippen LogP contribution is -2.24. The fraction of sp³-hybridized carbons (Fsp3) is 0.450. The van der Waals surface area contributed by atoms with Gasteiger partial charge in [0.2, 0.25) is 0 Å². The Labute approximate surface area is 157 Å². The van der Waals surface area contributed by atoms with Crippen LogP contribution in [0.1, 0.15) is 48.2 Å². The summed E-state index contributed by atoms with van der Waals surface area (Å²) < 4.78 is 5.81. The molecule has 2 aromatic rings. The number of benzene rings is 1. The first-order valence-corrected chi connectivity index (χ1v) is 9.89. The summed E-state index contributed by atoms with van der Waals surface area (Å²) in [6, 6.07) is 12.3. The van der Waals surface area contributed by atoms with Crippen LogP contribution in [-0.2, 0) is 6.42 Å². The van der Waals surface area contributed by atoms with Crippen LogP contribution in [0, 0.1) is 0 Å². The number of halogens is 1. The van der Waals surface area contributed by atoms with Crippen LogP contribution in [0.3, 0.4) is 0 Å². The molecule has 1 amide bonds. The molecule has 25 heavy (non-hydrogen) atoms. The van der Waals surface area contributed by atoms with Crippen LogP contribution >= 0.6 is 15.9 Å². The number of furan rings is 1. The van der Waals surface area contributed by atoms with Crippen molar-refractivity contribution in [3.63, 3.8) is 0 Å². The number of carbonyl (C=O) groups is 1. The van der Waals surface area contributed by atoms with E-state index in [4.69, 9.17) is 4.42 Å². The highest BCUT2D eigenvalue weighted by Crippen LogP contribution is 2.20. The van der Waals surface area contributed by atoms with E-state index in [1.165, 1.54) is 50.0 Å². The van der Waals surface area contributed by atoms with Crippen molar-refractivity contribution in [1.29, 1.82) is 0 Å². The molecule has 0 radical (unpaired) electrons. The second-order valence-corrected chi connectivity index (χ2v) is 7.31. The molecule has 0 unspecified atom stereocenters. The van der Waals surface area contributed by atoms with E-state index in [9.17, 15) is 4.79 Å². The van der Waals surface area contributed by atoms with E-state index in [0.29, 0.717) is 17.0 Å².